The summed E-state index contributed by atoms with van der Waals surface area (Å²) in [5.41, 5.74) is 4.70. The molecule has 1 aromatic carbocycles. The summed E-state index contributed by atoms with van der Waals surface area (Å²) in [7, 11) is 0. The van der Waals surface area contributed by atoms with Gasteiger partial charge in [0.15, 0.2) is 17.3 Å². The standard InChI is InChI=1S/C28H25N9O2/c1-4-25(38)36-9-7-19(12-18(36)3)27-29-14-22-26(35-27)28(32-15-30-22)34-20-5-6-23(17(2)11-20)39-21-8-10-37-24(13-21)31-16-33-37/h4-8,10-11,13-16,18H,1,9,12H2,2-3H3,(H,30,32,34)/t18-/m0/s1. The zero-order valence-electron chi connectivity index (χ0n) is 21.4. The van der Waals surface area contributed by atoms with E-state index in [9.17, 15) is 4.79 Å². The molecule has 0 unspecified atom stereocenters. The maximum absolute atomic E-state index is 12.1. The summed E-state index contributed by atoms with van der Waals surface area (Å²) in [4.78, 5) is 36.2. The highest BCUT2D eigenvalue weighted by Gasteiger charge is 2.24. The maximum Gasteiger partial charge on any atom is 0.246 e. The van der Waals surface area contributed by atoms with Crippen molar-refractivity contribution in [2.24, 2.45) is 0 Å². The summed E-state index contributed by atoms with van der Waals surface area (Å²) in [5.74, 6) is 2.49. The van der Waals surface area contributed by atoms with Crippen LogP contribution in [0.5, 0.6) is 11.5 Å². The molecule has 5 aromatic rings. The quantitative estimate of drug-likeness (QED) is 0.323. The number of hydrogen-bond acceptors (Lipinski definition) is 9. The largest absolute Gasteiger partial charge is 0.457 e. The zero-order chi connectivity index (χ0) is 26.9. The van der Waals surface area contributed by atoms with Crippen molar-refractivity contribution in [3.8, 4) is 11.5 Å². The van der Waals surface area contributed by atoms with E-state index in [2.05, 4.69) is 36.9 Å². The number of hydrogen-bond donors (Lipinski definition) is 1. The average molecular weight is 520 g/mol. The first-order chi connectivity index (χ1) is 19.0. The fourth-order valence-electron chi connectivity index (χ4n) is 4.57. The van der Waals surface area contributed by atoms with Gasteiger partial charge in [-0.05, 0) is 61.7 Å². The molecule has 1 N–H and O–H groups in total. The van der Waals surface area contributed by atoms with Gasteiger partial charge in [-0.15, -0.1) is 0 Å². The van der Waals surface area contributed by atoms with Crippen LogP contribution in [-0.4, -0.2) is 57.9 Å². The summed E-state index contributed by atoms with van der Waals surface area (Å²) >= 11 is 0. The zero-order valence-corrected chi connectivity index (χ0v) is 21.4. The lowest BCUT2D eigenvalue weighted by atomic mass is 10.0. The molecule has 5 heterocycles. The minimum atomic E-state index is -0.0831. The van der Waals surface area contributed by atoms with Crippen LogP contribution >= 0.6 is 0 Å². The number of ether oxygens (including phenoxy) is 1. The van der Waals surface area contributed by atoms with E-state index in [0.29, 0.717) is 47.0 Å². The third-order valence-corrected chi connectivity index (χ3v) is 6.62. The number of rotatable bonds is 6. The number of carbonyl (C=O) groups is 1. The lowest BCUT2D eigenvalue weighted by molar-refractivity contribution is -0.127. The van der Waals surface area contributed by atoms with Gasteiger partial charge in [0, 0.05) is 30.5 Å². The SMILES string of the molecule is C=CC(=O)N1CC=C(c2ncc3ncnc(Nc4ccc(Oc5ccn6ncnc6c5)c(C)c4)c3n2)C[C@@H]1C. The van der Waals surface area contributed by atoms with E-state index in [4.69, 9.17) is 9.72 Å². The number of aromatic nitrogens is 7. The molecule has 1 aliphatic rings. The Labute approximate surface area is 223 Å². The summed E-state index contributed by atoms with van der Waals surface area (Å²) in [6.07, 6.45) is 10.5. The number of nitrogens with zero attached hydrogens (tertiary/aromatic N) is 8. The summed E-state index contributed by atoms with van der Waals surface area (Å²) < 4.78 is 7.77. The molecule has 1 aliphatic heterocycles. The third kappa shape index (κ3) is 4.77. The number of pyridine rings is 1. The van der Waals surface area contributed by atoms with Crippen LogP contribution in [0.1, 0.15) is 24.7 Å². The van der Waals surface area contributed by atoms with Crippen LogP contribution in [0.4, 0.5) is 11.5 Å². The van der Waals surface area contributed by atoms with Crippen LogP contribution in [0.15, 0.2) is 74.1 Å². The molecule has 1 amide bonds. The Bertz CT molecular complexity index is 1760. The number of benzene rings is 1. The van der Waals surface area contributed by atoms with Crippen molar-refractivity contribution in [2.45, 2.75) is 26.3 Å². The Morgan fingerprint density at radius 2 is 2.05 bits per heavy atom. The number of fused-ring (bicyclic) bond motifs is 2. The van der Waals surface area contributed by atoms with Crippen LogP contribution in [0.3, 0.4) is 0 Å². The van der Waals surface area contributed by atoms with Crippen LogP contribution in [-0.2, 0) is 4.79 Å². The van der Waals surface area contributed by atoms with Crippen molar-refractivity contribution in [1.82, 2.24) is 39.4 Å². The van der Waals surface area contributed by atoms with E-state index >= 15 is 0 Å². The lowest BCUT2D eigenvalue weighted by Crippen LogP contribution is -2.40. The predicted octanol–water partition coefficient (Wildman–Crippen LogP) is 4.50. The number of carbonyl (C=O) groups excluding carboxylic acids is 1. The number of aryl methyl sites for hydroxylation is 1. The van der Waals surface area contributed by atoms with Gasteiger partial charge in [-0.2, -0.15) is 5.10 Å². The molecule has 4 aromatic heterocycles. The van der Waals surface area contributed by atoms with Gasteiger partial charge in [0.05, 0.1) is 6.20 Å². The average Bonchev–Trinajstić information content (AvgIpc) is 3.42. The second-order valence-electron chi connectivity index (χ2n) is 9.26. The molecule has 39 heavy (non-hydrogen) atoms. The number of nitrogens with one attached hydrogen (secondary N) is 1. The van der Waals surface area contributed by atoms with Gasteiger partial charge in [-0.25, -0.2) is 29.4 Å². The van der Waals surface area contributed by atoms with E-state index in [0.717, 1.165) is 22.6 Å². The van der Waals surface area contributed by atoms with Crippen molar-refractivity contribution in [3.05, 3.63) is 85.5 Å². The van der Waals surface area contributed by atoms with Crippen LogP contribution < -0.4 is 10.1 Å². The van der Waals surface area contributed by atoms with Gasteiger partial charge in [0.25, 0.3) is 0 Å². The fourth-order valence-corrected chi connectivity index (χ4v) is 4.57. The minimum Gasteiger partial charge on any atom is -0.457 e. The molecule has 11 nitrogen and oxygen atoms in total. The number of anilines is 2. The van der Waals surface area contributed by atoms with Crippen molar-refractivity contribution < 1.29 is 9.53 Å². The highest BCUT2D eigenvalue weighted by Crippen LogP contribution is 2.31. The van der Waals surface area contributed by atoms with Crippen molar-refractivity contribution in [2.75, 3.05) is 11.9 Å². The molecule has 0 radical (unpaired) electrons. The van der Waals surface area contributed by atoms with E-state index < -0.39 is 0 Å². The highest BCUT2D eigenvalue weighted by molar-refractivity contribution is 5.89. The first-order valence-corrected chi connectivity index (χ1v) is 12.4. The van der Waals surface area contributed by atoms with Crippen LogP contribution in [0.2, 0.25) is 0 Å². The molecular weight excluding hydrogens is 494 g/mol. The van der Waals surface area contributed by atoms with Crippen molar-refractivity contribution >= 4 is 39.7 Å². The Balaban J connectivity index is 1.24. The first kappa shape index (κ1) is 24.2. The second-order valence-corrected chi connectivity index (χ2v) is 9.26. The molecule has 6 rings (SSSR count). The minimum absolute atomic E-state index is 0.0152. The summed E-state index contributed by atoms with van der Waals surface area (Å²) in [6.45, 7) is 8.06. The molecule has 0 saturated heterocycles. The molecule has 194 valence electrons. The Morgan fingerprint density at radius 1 is 1.15 bits per heavy atom. The fraction of sp³-hybridized carbons (Fsp3) is 0.179. The first-order valence-electron chi connectivity index (χ1n) is 12.4. The van der Waals surface area contributed by atoms with Gasteiger partial charge >= 0.3 is 0 Å². The van der Waals surface area contributed by atoms with Gasteiger partial charge in [0.2, 0.25) is 5.91 Å². The highest BCUT2D eigenvalue weighted by atomic mass is 16.5. The molecule has 0 saturated carbocycles. The molecule has 0 spiro atoms. The molecule has 0 bridgehead atoms. The number of amides is 1. The van der Waals surface area contributed by atoms with Gasteiger partial charge in [-0.3, -0.25) is 4.79 Å². The van der Waals surface area contributed by atoms with Crippen LogP contribution in [0.25, 0.3) is 22.3 Å². The monoisotopic (exact) mass is 519 g/mol. The third-order valence-electron chi connectivity index (χ3n) is 6.62. The second kappa shape index (κ2) is 9.93. The predicted molar refractivity (Wildman–Crippen MR) is 147 cm³/mol. The van der Waals surface area contributed by atoms with E-state index in [1.807, 2.05) is 50.3 Å². The lowest BCUT2D eigenvalue weighted by Gasteiger charge is -2.31. The van der Waals surface area contributed by atoms with Crippen molar-refractivity contribution in [3.63, 3.8) is 0 Å². The molecule has 0 fully saturated rings. The Morgan fingerprint density at radius 3 is 2.87 bits per heavy atom. The van der Waals surface area contributed by atoms with Gasteiger partial charge in [0.1, 0.15) is 35.2 Å². The molecule has 0 aliphatic carbocycles. The summed E-state index contributed by atoms with van der Waals surface area (Å²) in [6, 6.07) is 9.50. The van der Waals surface area contributed by atoms with Gasteiger partial charge in [-0.1, -0.05) is 12.7 Å². The summed E-state index contributed by atoms with van der Waals surface area (Å²) in [5, 5.41) is 7.47. The van der Waals surface area contributed by atoms with Gasteiger partial charge < -0.3 is 15.0 Å². The maximum atomic E-state index is 12.1. The van der Waals surface area contributed by atoms with E-state index in [1.54, 1.807) is 21.8 Å². The normalized spacial score (nSPS) is 15.3. The van der Waals surface area contributed by atoms with E-state index in [-0.39, 0.29) is 11.9 Å². The van der Waals surface area contributed by atoms with E-state index in [1.165, 1.54) is 18.7 Å². The van der Waals surface area contributed by atoms with Crippen LogP contribution in [0, 0.1) is 6.92 Å². The smallest absolute Gasteiger partial charge is 0.246 e. The Hall–Kier alpha value is -5.19. The Kier molecular flexibility index (Phi) is 6.16. The molecule has 1 atom stereocenters. The van der Waals surface area contributed by atoms with Crippen molar-refractivity contribution in [1.29, 1.82) is 0 Å². The topological polar surface area (TPSA) is 123 Å². The molecular formula is C28H25N9O2. The molecule has 11 heteroatoms.